The molecule has 36 heavy (non-hydrogen) atoms. The molecule has 3 N–H and O–H groups in total. The number of hydrogen-bond acceptors (Lipinski definition) is 4. The summed E-state index contributed by atoms with van der Waals surface area (Å²) in [6.45, 7) is -0.452. The lowest BCUT2D eigenvalue weighted by Crippen LogP contribution is -2.49. The van der Waals surface area contributed by atoms with Gasteiger partial charge < -0.3 is 15.7 Å². The molecule has 0 spiro atoms. The fourth-order valence-corrected chi connectivity index (χ4v) is 5.42. The lowest BCUT2D eigenvalue weighted by Gasteiger charge is -2.35. The summed E-state index contributed by atoms with van der Waals surface area (Å²) in [5, 5.41) is 18.6. The van der Waals surface area contributed by atoms with Crippen LogP contribution in [0.2, 0.25) is 5.02 Å². The van der Waals surface area contributed by atoms with Gasteiger partial charge in [-0.15, -0.1) is 0 Å². The number of hydrogen-bond donors (Lipinski definition) is 3. The molecular formula is C29H29ClFN3O2. The zero-order valence-corrected chi connectivity index (χ0v) is 20.6. The largest absolute Gasteiger partial charge is 0.395 e. The van der Waals surface area contributed by atoms with E-state index in [1.807, 2.05) is 54.6 Å². The van der Waals surface area contributed by atoms with Crippen LogP contribution in [0.3, 0.4) is 0 Å². The number of anilines is 1. The van der Waals surface area contributed by atoms with E-state index >= 15 is 0 Å². The van der Waals surface area contributed by atoms with Gasteiger partial charge in [-0.1, -0.05) is 41.9 Å². The van der Waals surface area contributed by atoms with Gasteiger partial charge in [-0.05, 0) is 79.7 Å². The second-order valence-electron chi connectivity index (χ2n) is 9.74. The number of nitrogens with zero attached hydrogens (tertiary/aromatic N) is 1. The molecule has 1 atom stereocenters. The maximum absolute atomic E-state index is 14.6. The van der Waals surface area contributed by atoms with Crippen molar-refractivity contribution >= 4 is 39.7 Å². The first-order valence-electron chi connectivity index (χ1n) is 12.3. The topological polar surface area (TPSA) is 74.2 Å². The lowest BCUT2D eigenvalue weighted by atomic mass is 9.75. The summed E-state index contributed by atoms with van der Waals surface area (Å²) in [4.78, 5) is 17.7. The number of rotatable bonds is 6. The summed E-state index contributed by atoms with van der Waals surface area (Å²) in [5.74, 6) is -0.821. The van der Waals surface area contributed by atoms with E-state index in [0.29, 0.717) is 10.6 Å². The van der Waals surface area contributed by atoms with Crippen molar-refractivity contribution in [3.05, 3.63) is 89.4 Å². The summed E-state index contributed by atoms with van der Waals surface area (Å²) in [7, 11) is 0. The number of allylic oxidation sites excluding steroid dienone is 3. The molecule has 7 heteroatoms. The molecule has 186 valence electrons. The van der Waals surface area contributed by atoms with E-state index in [1.54, 1.807) is 6.20 Å². The van der Waals surface area contributed by atoms with Gasteiger partial charge in [0.1, 0.15) is 5.83 Å². The molecule has 0 bridgehead atoms. The van der Waals surface area contributed by atoms with Crippen molar-refractivity contribution in [3.8, 4) is 0 Å². The number of aliphatic hydroxyl groups excluding tert-OH is 1. The van der Waals surface area contributed by atoms with Gasteiger partial charge in [-0.2, -0.15) is 0 Å². The highest BCUT2D eigenvalue weighted by Gasteiger charge is 2.40. The number of halogens is 2. The smallest absolute Gasteiger partial charge is 0.233 e. The average Bonchev–Trinajstić information content (AvgIpc) is 2.89. The summed E-state index contributed by atoms with van der Waals surface area (Å²) < 4.78 is 14.6. The van der Waals surface area contributed by atoms with Crippen LogP contribution in [-0.2, 0) is 4.79 Å². The molecule has 0 aliphatic heterocycles. The van der Waals surface area contributed by atoms with Gasteiger partial charge in [0, 0.05) is 34.4 Å². The van der Waals surface area contributed by atoms with Crippen LogP contribution < -0.4 is 10.6 Å². The number of nitrogens with one attached hydrogen (secondary N) is 2. The van der Waals surface area contributed by atoms with Crippen LogP contribution >= 0.6 is 11.6 Å². The molecule has 2 aliphatic carbocycles. The Hall–Kier alpha value is -3.22. The fraction of sp³-hybridized carbons (Fsp3) is 0.310. The molecule has 5 rings (SSSR count). The van der Waals surface area contributed by atoms with Gasteiger partial charge in [-0.25, -0.2) is 4.39 Å². The number of aromatic nitrogens is 1. The van der Waals surface area contributed by atoms with Crippen molar-refractivity contribution < 1.29 is 14.3 Å². The summed E-state index contributed by atoms with van der Waals surface area (Å²) in [6.07, 6.45) is 8.11. The molecule has 1 saturated carbocycles. The van der Waals surface area contributed by atoms with Gasteiger partial charge in [0.2, 0.25) is 5.91 Å². The first-order valence-corrected chi connectivity index (χ1v) is 12.7. The lowest BCUT2D eigenvalue weighted by molar-refractivity contribution is -0.131. The minimum Gasteiger partial charge on any atom is -0.395 e. The Morgan fingerprint density at radius 3 is 2.58 bits per heavy atom. The standard InChI is InChI=1S/C29H29ClFN3O2/c30-21-6-11-25-26(12-13-32-27(25)15-21)33-23-7-9-24(10-8-23)34-28(36)29(18-35)16-20(14-22(31)17-29)19-4-2-1-3-5-19/h1-6,11-15,17,23-24,35H,7-10,16,18H2,(H,32,33)(H,34,36). The molecule has 1 heterocycles. The van der Waals surface area contributed by atoms with E-state index in [2.05, 4.69) is 15.6 Å². The molecular weight excluding hydrogens is 477 g/mol. The van der Waals surface area contributed by atoms with Gasteiger partial charge >= 0.3 is 0 Å². The van der Waals surface area contributed by atoms with E-state index in [1.165, 1.54) is 12.2 Å². The van der Waals surface area contributed by atoms with E-state index in [0.717, 1.165) is 47.8 Å². The van der Waals surface area contributed by atoms with Crippen LogP contribution in [0, 0.1) is 5.41 Å². The number of pyridine rings is 1. The molecule has 0 radical (unpaired) electrons. The monoisotopic (exact) mass is 505 g/mol. The minimum absolute atomic E-state index is 0.0190. The quantitative estimate of drug-likeness (QED) is 0.381. The van der Waals surface area contributed by atoms with E-state index in [-0.39, 0.29) is 24.4 Å². The minimum atomic E-state index is -1.31. The van der Waals surface area contributed by atoms with Crippen molar-refractivity contribution in [2.45, 2.75) is 44.2 Å². The maximum atomic E-state index is 14.6. The molecule has 0 saturated heterocycles. The molecule has 3 aromatic rings. The normalized spacial score (nSPS) is 24.1. The van der Waals surface area contributed by atoms with Gasteiger partial charge in [0.15, 0.2) is 0 Å². The van der Waals surface area contributed by atoms with E-state index in [4.69, 9.17) is 11.6 Å². The Bertz CT molecular complexity index is 1320. The third-order valence-electron chi connectivity index (χ3n) is 7.24. The molecule has 1 aromatic heterocycles. The SMILES string of the molecule is O=C(NC1CCC(Nc2ccnc3cc(Cl)ccc23)CC1)C1(CO)C=C(F)C=C(c2ccccc2)C1. The van der Waals surface area contributed by atoms with E-state index < -0.39 is 17.8 Å². The molecule has 2 aliphatic rings. The first-order chi connectivity index (χ1) is 17.5. The summed E-state index contributed by atoms with van der Waals surface area (Å²) in [5.41, 5.74) is 2.12. The van der Waals surface area contributed by atoms with Crippen LogP contribution in [0.5, 0.6) is 0 Å². The van der Waals surface area contributed by atoms with Gasteiger partial charge in [-0.3, -0.25) is 9.78 Å². The third-order valence-corrected chi connectivity index (χ3v) is 7.47. The second-order valence-corrected chi connectivity index (χ2v) is 10.2. The predicted molar refractivity (Wildman–Crippen MR) is 142 cm³/mol. The molecule has 2 aromatic carbocycles. The van der Waals surface area contributed by atoms with Crippen molar-refractivity contribution in [1.82, 2.24) is 10.3 Å². The molecule has 5 nitrogen and oxygen atoms in total. The average molecular weight is 506 g/mol. The zero-order chi connectivity index (χ0) is 25.1. The highest BCUT2D eigenvalue weighted by Crippen LogP contribution is 2.39. The number of fused-ring (bicyclic) bond motifs is 1. The Morgan fingerprint density at radius 1 is 1.08 bits per heavy atom. The number of benzene rings is 2. The molecule has 1 amide bonds. The fourth-order valence-electron chi connectivity index (χ4n) is 5.25. The highest BCUT2D eigenvalue weighted by molar-refractivity contribution is 6.31. The van der Waals surface area contributed by atoms with Crippen LogP contribution in [0.1, 0.15) is 37.7 Å². The Labute approximate surface area is 215 Å². The first kappa shape index (κ1) is 24.5. The predicted octanol–water partition coefficient (Wildman–Crippen LogP) is 6.05. The third kappa shape index (κ3) is 5.15. The van der Waals surface area contributed by atoms with Crippen molar-refractivity contribution in [1.29, 1.82) is 0 Å². The van der Waals surface area contributed by atoms with Gasteiger partial charge in [0.05, 0.1) is 17.5 Å². The maximum Gasteiger partial charge on any atom is 0.233 e. The number of carbonyl (C=O) groups is 1. The summed E-state index contributed by atoms with van der Waals surface area (Å²) >= 11 is 6.11. The number of amides is 1. The van der Waals surface area contributed by atoms with Crippen molar-refractivity contribution in [3.63, 3.8) is 0 Å². The Balaban J connectivity index is 1.22. The van der Waals surface area contributed by atoms with Crippen molar-refractivity contribution in [2.75, 3.05) is 11.9 Å². The number of aliphatic hydroxyl groups is 1. The van der Waals surface area contributed by atoms with E-state index in [9.17, 15) is 14.3 Å². The van der Waals surface area contributed by atoms with Crippen LogP contribution in [0.15, 0.2) is 78.8 Å². The number of carbonyl (C=O) groups excluding carboxylic acids is 1. The van der Waals surface area contributed by atoms with Crippen LogP contribution in [-0.4, -0.2) is 34.7 Å². The van der Waals surface area contributed by atoms with Crippen LogP contribution in [0.4, 0.5) is 10.1 Å². The summed E-state index contributed by atoms with van der Waals surface area (Å²) in [6, 6.07) is 17.3. The highest BCUT2D eigenvalue weighted by atomic mass is 35.5. The molecule has 1 unspecified atom stereocenters. The zero-order valence-electron chi connectivity index (χ0n) is 19.9. The Kier molecular flexibility index (Phi) is 7.08. The Morgan fingerprint density at radius 2 is 1.83 bits per heavy atom. The molecule has 1 fully saturated rings. The second kappa shape index (κ2) is 10.4. The van der Waals surface area contributed by atoms with Gasteiger partial charge in [0.25, 0.3) is 0 Å². The van der Waals surface area contributed by atoms with Crippen molar-refractivity contribution in [2.24, 2.45) is 5.41 Å². The van der Waals surface area contributed by atoms with Crippen LogP contribution in [0.25, 0.3) is 16.5 Å².